The van der Waals surface area contributed by atoms with Crippen LogP contribution in [0.15, 0.2) is 54.7 Å². The number of ether oxygens (including phenoxy) is 1. The molecule has 4 rings (SSSR count). The van der Waals surface area contributed by atoms with Gasteiger partial charge in [-0.3, -0.25) is 9.69 Å². The topological polar surface area (TPSA) is 59.4 Å². The van der Waals surface area contributed by atoms with Crippen LogP contribution in [-0.4, -0.2) is 53.4 Å². The summed E-state index contributed by atoms with van der Waals surface area (Å²) >= 11 is 12.6. The van der Waals surface area contributed by atoms with Gasteiger partial charge in [-0.1, -0.05) is 47.5 Å². The summed E-state index contributed by atoms with van der Waals surface area (Å²) in [6, 6.07) is 15.1. The minimum atomic E-state index is -0.170. The lowest BCUT2D eigenvalue weighted by Gasteiger charge is -2.35. The number of hydrogen-bond acceptors (Lipinski definition) is 4. The number of aromatic nitrogens is 2. The predicted octanol–water partition coefficient (Wildman–Crippen LogP) is 4.29. The fraction of sp³-hybridized carbons (Fsp3) is 0.304. The van der Waals surface area contributed by atoms with Gasteiger partial charge in [0.1, 0.15) is 0 Å². The van der Waals surface area contributed by atoms with Gasteiger partial charge in [-0.15, -0.1) is 0 Å². The molecule has 1 aliphatic rings. The molecule has 0 radical (unpaired) electrons. The van der Waals surface area contributed by atoms with Gasteiger partial charge in [-0.05, 0) is 36.8 Å². The molecule has 1 aliphatic heterocycles. The number of carbonyl (C=O) groups is 1. The number of nitrogens with one attached hydrogen (secondary N) is 1. The van der Waals surface area contributed by atoms with Crippen molar-refractivity contribution < 1.29 is 9.53 Å². The Labute approximate surface area is 191 Å². The van der Waals surface area contributed by atoms with Crippen LogP contribution < -0.4 is 5.32 Å². The highest BCUT2D eigenvalue weighted by Crippen LogP contribution is 2.28. The molecule has 31 heavy (non-hydrogen) atoms. The fourth-order valence-corrected chi connectivity index (χ4v) is 4.30. The van der Waals surface area contributed by atoms with Crippen LogP contribution in [0.5, 0.6) is 0 Å². The molecule has 8 heteroatoms. The first-order chi connectivity index (χ1) is 15.0. The first kappa shape index (κ1) is 21.8. The smallest absolute Gasteiger partial charge is 0.254 e. The first-order valence-electron chi connectivity index (χ1n) is 10.2. The Kier molecular flexibility index (Phi) is 6.92. The van der Waals surface area contributed by atoms with Crippen molar-refractivity contribution in [2.75, 3.05) is 32.8 Å². The van der Waals surface area contributed by atoms with Crippen molar-refractivity contribution in [3.05, 3.63) is 81.6 Å². The molecule has 1 fully saturated rings. The van der Waals surface area contributed by atoms with E-state index >= 15 is 0 Å². The maximum absolute atomic E-state index is 13.0. The fourth-order valence-electron chi connectivity index (χ4n) is 3.86. The molecule has 1 aromatic heterocycles. The van der Waals surface area contributed by atoms with E-state index in [0.717, 1.165) is 30.0 Å². The van der Waals surface area contributed by atoms with Gasteiger partial charge in [0.2, 0.25) is 0 Å². The molecule has 2 aromatic carbocycles. The van der Waals surface area contributed by atoms with E-state index < -0.39 is 0 Å². The van der Waals surface area contributed by atoms with E-state index in [1.807, 2.05) is 49.4 Å². The van der Waals surface area contributed by atoms with Gasteiger partial charge in [0.15, 0.2) is 0 Å². The maximum atomic E-state index is 13.0. The number of benzene rings is 2. The Morgan fingerprint density at radius 2 is 1.94 bits per heavy atom. The van der Waals surface area contributed by atoms with E-state index in [1.165, 1.54) is 0 Å². The third-order valence-corrected chi connectivity index (χ3v) is 6.09. The SMILES string of the molecule is Cc1c(C(=O)NCC(c2ccccc2Cl)N2CCOCC2)cnn1-c1cccc(Cl)c1. The lowest BCUT2D eigenvalue weighted by molar-refractivity contribution is 0.0162. The first-order valence-corrected chi connectivity index (χ1v) is 10.9. The Balaban J connectivity index is 1.52. The number of morpholine rings is 1. The van der Waals surface area contributed by atoms with Gasteiger partial charge in [-0.25, -0.2) is 4.68 Å². The molecule has 1 unspecified atom stereocenters. The number of halogens is 2. The third-order valence-electron chi connectivity index (χ3n) is 5.51. The van der Waals surface area contributed by atoms with E-state index in [9.17, 15) is 4.79 Å². The molecule has 3 aromatic rings. The van der Waals surface area contributed by atoms with Crippen molar-refractivity contribution in [1.82, 2.24) is 20.0 Å². The summed E-state index contributed by atoms with van der Waals surface area (Å²) < 4.78 is 7.21. The predicted molar refractivity (Wildman–Crippen MR) is 122 cm³/mol. The van der Waals surface area contributed by atoms with E-state index in [-0.39, 0.29) is 11.9 Å². The van der Waals surface area contributed by atoms with Gasteiger partial charge in [-0.2, -0.15) is 5.10 Å². The Hall–Kier alpha value is -2.38. The van der Waals surface area contributed by atoms with Crippen LogP contribution >= 0.6 is 23.2 Å². The molecular weight excluding hydrogens is 435 g/mol. The molecule has 0 aliphatic carbocycles. The molecule has 162 valence electrons. The lowest BCUT2D eigenvalue weighted by Crippen LogP contribution is -2.44. The largest absolute Gasteiger partial charge is 0.379 e. The van der Waals surface area contributed by atoms with Crippen molar-refractivity contribution in [3.8, 4) is 5.69 Å². The van der Waals surface area contributed by atoms with E-state index in [0.29, 0.717) is 35.4 Å². The molecule has 1 amide bonds. The highest BCUT2D eigenvalue weighted by Gasteiger charge is 2.25. The molecule has 0 spiro atoms. The second-order valence-electron chi connectivity index (χ2n) is 7.43. The molecular formula is C23H24Cl2N4O2. The van der Waals surface area contributed by atoms with Crippen LogP contribution in [0.2, 0.25) is 10.0 Å². The summed E-state index contributed by atoms with van der Waals surface area (Å²) in [4.78, 5) is 15.3. The highest BCUT2D eigenvalue weighted by molar-refractivity contribution is 6.31. The quantitative estimate of drug-likeness (QED) is 0.598. The summed E-state index contributed by atoms with van der Waals surface area (Å²) in [5, 5.41) is 8.78. The molecule has 1 atom stereocenters. The standard InChI is InChI=1S/C23H24Cl2N4O2/c1-16-20(14-27-29(16)18-6-4-5-17(24)13-18)23(30)26-15-22(28-9-11-31-12-10-28)19-7-2-3-8-21(19)25/h2-8,13-14,22H,9-12,15H2,1H3,(H,26,30). The molecule has 1 N–H and O–H groups in total. The van der Waals surface area contributed by atoms with E-state index in [2.05, 4.69) is 15.3 Å². The molecule has 6 nitrogen and oxygen atoms in total. The van der Waals surface area contributed by atoms with Crippen molar-refractivity contribution in [3.63, 3.8) is 0 Å². The summed E-state index contributed by atoms with van der Waals surface area (Å²) in [5.74, 6) is -0.170. The van der Waals surface area contributed by atoms with E-state index in [1.54, 1.807) is 16.9 Å². The monoisotopic (exact) mass is 458 g/mol. The van der Waals surface area contributed by atoms with Crippen molar-refractivity contribution in [2.45, 2.75) is 13.0 Å². The summed E-state index contributed by atoms with van der Waals surface area (Å²) in [5.41, 5.74) is 3.09. The van der Waals surface area contributed by atoms with E-state index in [4.69, 9.17) is 27.9 Å². The normalized spacial score (nSPS) is 15.6. The van der Waals surface area contributed by atoms with Crippen LogP contribution in [0.1, 0.15) is 27.7 Å². The average Bonchev–Trinajstić information content (AvgIpc) is 3.17. The molecule has 1 saturated heterocycles. The van der Waals surface area contributed by atoms with Crippen molar-refractivity contribution in [2.24, 2.45) is 0 Å². The van der Waals surface area contributed by atoms with Gasteiger partial charge < -0.3 is 10.1 Å². The lowest BCUT2D eigenvalue weighted by atomic mass is 10.0. The number of nitrogens with zero attached hydrogens (tertiary/aromatic N) is 3. The van der Waals surface area contributed by atoms with Gasteiger partial charge in [0.05, 0.1) is 42.4 Å². The summed E-state index contributed by atoms with van der Waals surface area (Å²) in [6.07, 6.45) is 1.59. The average molecular weight is 459 g/mol. The Morgan fingerprint density at radius 3 is 2.68 bits per heavy atom. The minimum Gasteiger partial charge on any atom is -0.379 e. The number of hydrogen-bond donors (Lipinski definition) is 1. The number of rotatable bonds is 6. The van der Waals surface area contributed by atoms with Crippen molar-refractivity contribution in [1.29, 1.82) is 0 Å². The Bertz CT molecular complexity index is 1060. The van der Waals surface area contributed by atoms with Crippen LogP contribution in [0.25, 0.3) is 5.69 Å². The molecule has 0 bridgehead atoms. The molecule has 0 saturated carbocycles. The summed E-state index contributed by atoms with van der Waals surface area (Å²) in [7, 11) is 0. The van der Waals surface area contributed by atoms with Crippen LogP contribution in [0, 0.1) is 6.92 Å². The zero-order valence-corrected chi connectivity index (χ0v) is 18.7. The second kappa shape index (κ2) is 9.83. The van der Waals surface area contributed by atoms with Crippen molar-refractivity contribution >= 4 is 29.1 Å². The number of amides is 1. The van der Waals surface area contributed by atoms with Crippen LogP contribution in [-0.2, 0) is 4.74 Å². The van der Waals surface area contributed by atoms with Gasteiger partial charge >= 0.3 is 0 Å². The van der Waals surface area contributed by atoms with Crippen LogP contribution in [0.4, 0.5) is 0 Å². The zero-order chi connectivity index (χ0) is 21.8. The highest BCUT2D eigenvalue weighted by atomic mass is 35.5. The van der Waals surface area contributed by atoms with Gasteiger partial charge in [0, 0.05) is 29.7 Å². The van der Waals surface area contributed by atoms with Gasteiger partial charge in [0.25, 0.3) is 5.91 Å². The van der Waals surface area contributed by atoms with Crippen LogP contribution in [0.3, 0.4) is 0 Å². The minimum absolute atomic E-state index is 0.0372. The molecule has 2 heterocycles. The second-order valence-corrected chi connectivity index (χ2v) is 8.27. The number of carbonyl (C=O) groups excluding carboxylic acids is 1. The maximum Gasteiger partial charge on any atom is 0.254 e. The zero-order valence-electron chi connectivity index (χ0n) is 17.2. The Morgan fingerprint density at radius 1 is 1.16 bits per heavy atom. The third kappa shape index (κ3) is 4.93. The summed E-state index contributed by atoms with van der Waals surface area (Å²) in [6.45, 7) is 5.22.